The number of nitrogens with zero attached hydrogens (tertiary/aromatic N) is 4. The Morgan fingerprint density at radius 3 is 2.57 bits per heavy atom. The Hall–Kier alpha value is -3.67. The number of benzene rings is 2. The van der Waals surface area contributed by atoms with E-state index < -0.39 is 0 Å². The largest absolute Gasteiger partial charge is 0.393 e. The number of aromatic nitrogens is 3. The van der Waals surface area contributed by atoms with Crippen molar-refractivity contribution in [2.24, 2.45) is 0 Å². The van der Waals surface area contributed by atoms with Crippen molar-refractivity contribution in [2.45, 2.75) is 13.8 Å². The summed E-state index contributed by atoms with van der Waals surface area (Å²) >= 11 is 0. The molecule has 2 aromatic carbocycles. The van der Waals surface area contributed by atoms with Crippen LogP contribution in [0.4, 0.5) is 28.8 Å². The summed E-state index contributed by atoms with van der Waals surface area (Å²) in [6, 6.07) is 18.4. The molecular weight excluding hydrogens is 348 g/mol. The van der Waals surface area contributed by atoms with E-state index in [0.29, 0.717) is 23.1 Å². The van der Waals surface area contributed by atoms with Crippen molar-refractivity contribution < 1.29 is 0 Å². The summed E-state index contributed by atoms with van der Waals surface area (Å²) in [5, 5.41) is 5.52. The second-order valence-corrected chi connectivity index (χ2v) is 6.55. The number of nitrogens with one attached hydrogen (secondary N) is 1. The topological polar surface area (TPSA) is 80.0 Å². The summed E-state index contributed by atoms with van der Waals surface area (Å²) in [6.45, 7) is 4.80. The summed E-state index contributed by atoms with van der Waals surface area (Å²) < 4.78 is 0. The molecule has 6 heteroatoms. The lowest BCUT2D eigenvalue weighted by Gasteiger charge is -2.25. The van der Waals surface area contributed by atoms with Gasteiger partial charge in [0, 0.05) is 18.1 Å². The third-order valence-corrected chi connectivity index (χ3v) is 4.65. The van der Waals surface area contributed by atoms with Crippen molar-refractivity contribution in [3.63, 3.8) is 0 Å². The molecule has 0 aliphatic rings. The van der Waals surface area contributed by atoms with Crippen molar-refractivity contribution in [2.75, 3.05) is 22.5 Å². The minimum absolute atomic E-state index is 0.486. The van der Waals surface area contributed by atoms with E-state index in [0.717, 1.165) is 23.2 Å². The molecule has 4 rings (SSSR count). The molecule has 0 amide bonds. The Kier molecular flexibility index (Phi) is 4.76. The Morgan fingerprint density at radius 2 is 1.79 bits per heavy atom. The zero-order valence-electron chi connectivity index (χ0n) is 15.9. The Morgan fingerprint density at radius 1 is 0.964 bits per heavy atom. The highest BCUT2D eigenvalue weighted by Crippen LogP contribution is 2.36. The van der Waals surface area contributed by atoms with Gasteiger partial charge in [0.2, 0.25) is 0 Å². The second kappa shape index (κ2) is 7.52. The Labute approximate surface area is 164 Å². The lowest BCUT2D eigenvalue weighted by Crippen LogP contribution is -2.20. The van der Waals surface area contributed by atoms with E-state index in [1.54, 1.807) is 6.20 Å². The molecule has 0 fully saturated rings. The van der Waals surface area contributed by atoms with Crippen LogP contribution in [0.15, 0.2) is 67.1 Å². The van der Waals surface area contributed by atoms with Crippen LogP contribution in [0.2, 0.25) is 0 Å². The highest BCUT2D eigenvalue weighted by molar-refractivity contribution is 5.97. The van der Waals surface area contributed by atoms with Gasteiger partial charge < -0.3 is 16.0 Å². The maximum atomic E-state index is 6.46. The SMILES string of the molecule is CCN(c1ncnc(Nc2ccc(C)cn2)c1N)c1cccc2ccccc12. The van der Waals surface area contributed by atoms with Gasteiger partial charge in [-0.15, -0.1) is 0 Å². The number of nitrogens with two attached hydrogens (primary N) is 1. The standard InChI is InChI=1S/C22H22N6/c1-3-28(18-10-6-8-16-7-4-5-9-17(16)18)22-20(23)21(25-14-26-22)27-19-12-11-15(2)13-24-19/h4-14H,3,23H2,1-2H3,(H,24,25,26,27). The van der Waals surface area contributed by atoms with E-state index in [1.165, 1.54) is 11.7 Å². The summed E-state index contributed by atoms with van der Waals surface area (Å²) in [6.07, 6.45) is 3.32. The minimum Gasteiger partial charge on any atom is -0.393 e. The van der Waals surface area contributed by atoms with Gasteiger partial charge in [0.25, 0.3) is 0 Å². The molecular formula is C22H22N6. The number of fused-ring (bicyclic) bond motifs is 1. The van der Waals surface area contributed by atoms with Crippen molar-refractivity contribution in [3.8, 4) is 0 Å². The van der Waals surface area contributed by atoms with Crippen molar-refractivity contribution in [3.05, 3.63) is 72.7 Å². The van der Waals surface area contributed by atoms with E-state index in [9.17, 15) is 0 Å². The van der Waals surface area contributed by atoms with Gasteiger partial charge in [-0.2, -0.15) is 0 Å². The number of anilines is 5. The van der Waals surface area contributed by atoms with Gasteiger partial charge in [-0.05, 0) is 36.9 Å². The number of pyridine rings is 1. The first-order valence-corrected chi connectivity index (χ1v) is 9.23. The molecule has 28 heavy (non-hydrogen) atoms. The quantitative estimate of drug-likeness (QED) is 0.524. The molecule has 4 aromatic rings. The van der Waals surface area contributed by atoms with Gasteiger partial charge in [0.15, 0.2) is 11.6 Å². The second-order valence-electron chi connectivity index (χ2n) is 6.55. The van der Waals surface area contributed by atoms with Crippen molar-refractivity contribution >= 4 is 39.6 Å². The maximum Gasteiger partial charge on any atom is 0.161 e. The number of aryl methyl sites for hydroxylation is 1. The average Bonchev–Trinajstić information content (AvgIpc) is 2.73. The van der Waals surface area contributed by atoms with Crippen LogP contribution >= 0.6 is 0 Å². The van der Waals surface area contributed by atoms with Crippen LogP contribution in [0.1, 0.15) is 12.5 Å². The fourth-order valence-electron chi connectivity index (χ4n) is 3.24. The highest BCUT2D eigenvalue weighted by Gasteiger charge is 2.17. The van der Waals surface area contributed by atoms with Crippen LogP contribution in [0, 0.1) is 6.92 Å². The smallest absolute Gasteiger partial charge is 0.161 e. The van der Waals surface area contributed by atoms with Gasteiger partial charge in [0.05, 0.1) is 5.69 Å². The summed E-state index contributed by atoms with van der Waals surface area (Å²) in [7, 11) is 0. The van der Waals surface area contributed by atoms with Gasteiger partial charge in [-0.3, -0.25) is 0 Å². The first-order chi connectivity index (χ1) is 13.7. The van der Waals surface area contributed by atoms with E-state index in [2.05, 4.69) is 56.4 Å². The normalized spacial score (nSPS) is 10.8. The first-order valence-electron chi connectivity index (χ1n) is 9.23. The monoisotopic (exact) mass is 370 g/mol. The number of nitrogen functional groups attached to an aromatic ring is 1. The van der Waals surface area contributed by atoms with E-state index in [-0.39, 0.29) is 0 Å². The molecule has 0 spiro atoms. The average molecular weight is 370 g/mol. The lowest BCUT2D eigenvalue weighted by molar-refractivity contribution is 0.984. The third kappa shape index (κ3) is 3.32. The van der Waals surface area contributed by atoms with E-state index in [1.807, 2.05) is 37.3 Å². The predicted octanol–water partition coefficient (Wildman–Crippen LogP) is 4.82. The van der Waals surface area contributed by atoms with Crippen LogP contribution in [0.5, 0.6) is 0 Å². The third-order valence-electron chi connectivity index (χ3n) is 4.65. The van der Waals surface area contributed by atoms with Gasteiger partial charge >= 0.3 is 0 Å². The van der Waals surface area contributed by atoms with Crippen molar-refractivity contribution in [1.82, 2.24) is 15.0 Å². The molecule has 0 bridgehead atoms. The lowest BCUT2D eigenvalue weighted by atomic mass is 10.1. The van der Waals surface area contributed by atoms with Crippen LogP contribution in [-0.4, -0.2) is 21.5 Å². The zero-order chi connectivity index (χ0) is 19.5. The molecule has 2 aromatic heterocycles. The highest BCUT2D eigenvalue weighted by atomic mass is 15.2. The molecule has 0 atom stereocenters. The molecule has 0 aliphatic heterocycles. The summed E-state index contributed by atoms with van der Waals surface area (Å²) in [5.41, 5.74) is 9.10. The molecule has 3 N–H and O–H groups in total. The summed E-state index contributed by atoms with van der Waals surface area (Å²) in [5.74, 6) is 1.90. The molecule has 2 heterocycles. The van der Waals surface area contributed by atoms with Crippen LogP contribution in [-0.2, 0) is 0 Å². The predicted molar refractivity (Wildman–Crippen MR) is 115 cm³/mol. The zero-order valence-corrected chi connectivity index (χ0v) is 15.9. The van der Waals surface area contributed by atoms with E-state index in [4.69, 9.17) is 5.73 Å². The number of hydrogen-bond donors (Lipinski definition) is 2. The Balaban J connectivity index is 1.76. The van der Waals surface area contributed by atoms with Crippen LogP contribution in [0.25, 0.3) is 10.8 Å². The molecule has 0 radical (unpaired) electrons. The van der Waals surface area contributed by atoms with Crippen LogP contribution in [0.3, 0.4) is 0 Å². The summed E-state index contributed by atoms with van der Waals surface area (Å²) in [4.78, 5) is 15.3. The number of hydrogen-bond acceptors (Lipinski definition) is 6. The van der Waals surface area contributed by atoms with Crippen molar-refractivity contribution in [1.29, 1.82) is 0 Å². The maximum absolute atomic E-state index is 6.46. The minimum atomic E-state index is 0.486. The molecule has 6 nitrogen and oxygen atoms in total. The molecule has 0 saturated carbocycles. The fraction of sp³-hybridized carbons (Fsp3) is 0.136. The fourth-order valence-corrected chi connectivity index (χ4v) is 3.24. The van der Waals surface area contributed by atoms with Gasteiger partial charge in [-0.25, -0.2) is 15.0 Å². The molecule has 140 valence electrons. The van der Waals surface area contributed by atoms with E-state index >= 15 is 0 Å². The Bertz CT molecular complexity index is 1100. The van der Waals surface area contributed by atoms with Gasteiger partial charge in [0.1, 0.15) is 17.8 Å². The number of rotatable bonds is 5. The molecule has 0 saturated heterocycles. The van der Waals surface area contributed by atoms with Gasteiger partial charge in [-0.1, -0.05) is 42.5 Å². The van der Waals surface area contributed by atoms with Crippen LogP contribution < -0.4 is 16.0 Å². The first kappa shape index (κ1) is 17.7. The molecule has 0 aliphatic carbocycles. The molecule has 0 unspecified atom stereocenters.